The Hall–Kier alpha value is -3.57. The molecule has 12 heteroatoms. The van der Waals surface area contributed by atoms with Crippen molar-refractivity contribution in [3.63, 3.8) is 0 Å². The first-order valence-corrected chi connectivity index (χ1v) is 15.9. The molecule has 0 aliphatic carbocycles. The zero-order chi connectivity index (χ0) is 31.1. The number of halogens is 3. The number of anilines is 1. The van der Waals surface area contributed by atoms with Crippen LogP contribution in [0.4, 0.5) is 5.69 Å². The fourth-order valence-electron chi connectivity index (χ4n) is 3.95. The fraction of sp³-hybridized carbons (Fsp3) is 0.161. The van der Waals surface area contributed by atoms with Gasteiger partial charge in [0.1, 0.15) is 13.2 Å². The number of hydrazone groups is 1. The van der Waals surface area contributed by atoms with Gasteiger partial charge in [-0.2, -0.15) is 5.10 Å². The molecule has 1 amide bonds. The van der Waals surface area contributed by atoms with Crippen LogP contribution in [0, 0.1) is 13.8 Å². The van der Waals surface area contributed by atoms with Crippen molar-refractivity contribution >= 4 is 67.0 Å². The number of aryl methyl sites for hydroxylation is 2. The van der Waals surface area contributed by atoms with E-state index in [1.54, 1.807) is 49.4 Å². The van der Waals surface area contributed by atoms with E-state index in [1.165, 1.54) is 31.5 Å². The third-order valence-electron chi connectivity index (χ3n) is 6.32. The molecule has 0 fully saturated rings. The number of benzene rings is 4. The lowest BCUT2D eigenvalue weighted by molar-refractivity contribution is -0.119. The fourth-order valence-corrected chi connectivity index (χ4v) is 6.31. The number of nitrogens with one attached hydrogen (secondary N) is 1. The first-order chi connectivity index (χ1) is 20.5. The summed E-state index contributed by atoms with van der Waals surface area (Å²) in [5.74, 6) is 0.243. The van der Waals surface area contributed by atoms with Crippen molar-refractivity contribution < 1.29 is 22.7 Å². The molecule has 0 atom stereocenters. The SMILES string of the molecule is COc1cc(/C=N\NC(=O)CN(c2ccc(C)c(Cl)c2)S(=O)(=O)c2ccc(C)cc2)cc(Br)c1OCc1ccccc1Cl. The first-order valence-electron chi connectivity index (χ1n) is 12.9. The zero-order valence-electron chi connectivity index (χ0n) is 23.5. The van der Waals surface area contributed by atoms with Gasteiger partial charge >= 0.3 is 0 Å². The van der Waals surface area contributed by atoms with Gasteiger partial charge in [0.25, 0.3) is 15.9 Å². The summed E-state index contributed by atoms with van der Waals surface area (Å²) in [5.41, 5.74) is 5.73. The number of methoxy groups -OCH3 is 1. The molecule has 0 aliphatic heterocycles. The molecule has 43 heavy (non-hydrogen) atoms. The van der Waals surface area contributed by atoms with Crippen LogP contribution in [0.1, 0.15) is 22.3 Å². The second-order valence-electron chi connectivity index (χ2n) is 9.47. The summed E-state index contributed by atoms with van der Waals surface area (Å²) in [7, 11) is -2.60. The van der Waals surface area contributed by atoms with E-state index in [9.17, 15) is 13.2 Å². The van der Waals surface area contributed by atoms with Crippen LogP contribution >= 0.6 is 39.1 Å². The molecule has 224 valence electrons. The molecule has 4 aromatic carbocycles. The predicted octanol–water partition coefficient (Wildman–Crippen LogP) is 7.31. The molecule has 0 spiro atoms. The molecule has 0 saturated carbocycles. The van der Waals surface area contributed by atoms with Gasteiger partial charge in [-0.05, 0) is 83.4 Å². The number of carbonyl (C=O) groups is 1. The Bertz CT molecular complexity index is 1770. The van der Waals surface area contributed by atoms with Gasteiger partial charge in [0.05, 0.1) is 28.4 Å². The van der Waals surface area contributed by atoms with Crippen LogP contribution in [-0.4, -0.2) is 34.2 Å². The number of amides is 1. The van der Waals surface area contributed by atoms with E-state index in [1.807, 2.05) is 25.1 Å². The molecule has 8 nitrogen and oxygen atoms in total. The average Bonchev–Trinajstić information content (AvgIpc) is 2.97. The topological polar surface area (TPSA) is 97.3 Å². The Morgan fingerprint density at radius 3 is 2.40 bits per heavy atom. The van der Waals surface area contributed by atoms with Gasteiger partial charge in [-0.25, -0.2) is 13.8 Å². The third kappa shape index (κ3) is 8.08. The monoisotopic (exact) mass is 703 g/mol. The predicted molar refractivity (Wildman–Crippen MR) is 174 cm³/mol. The van der Waals surface area contributed by atoms with Crippen LogP contribution < -0.4 is 19.2 Å². The highest BCUT2D eigenvalue weighted by atomic mass is 79.9. The molecule has 0 aromatic heterocycles. The Morgan fingerprint density at radius 2 is 1.72 bits per heavy atom. The van der Waals surface area contributed by atoms with E-state index in [4.69, 9.17) is 32.7 Å². The summed E-state index contributed by atoms with van der Waals surface area (Å²) in [6, 6.07) is 22.0. The van der Waals surface area contributed by atoms with Crippen molar-refractivity contribution in [1.82, 2.24) is 5.43 Å². The highest BCUT2D eigenvalue weighted by Crippen LogP contribution is 2.37. The molecule has 1 N–H and O–H groups in total. The van der Waals surface area contributed by atoms with E-state index in [2.05, 4.69) is 26.5 Å². The number of nitrogens with zero attached hydrogens (tertiary/aromatic N) is 2. The molecule has 0 bridgehead atoms. The van der Waals surface area contributed by atoms with Crippen molar-refractivity contribution in [2.45, 2.75) is 25.3 Å². The minimum atomic E-state index is -4.10. The standard InChI is InChI=1S/C31H28BrCl2N3O5S/c1-20-8-12-25(13-9-20)43(39,40)37(24-11-10-21(2)28(34)16-24)18-30(38)36-35-17-22-14-26(32)31(29(15-22)41-3)42-19-23-6-4-5-7-27(23)33/h4-17H,18-19H2,1-3H3,(H,36,38)/b35-17-. The van der Waals surface area contributed by atoms with Gasteiger partial charge in [-0.3, -0.25) is 9.10 Å². The minimum Gasteiger partial charge on any atom is -0.493 e. The van der Waals surface area contributed by atoms with Gasteiger partial charge in [-0.15, -0.1) is 0 Å². The Balaban J connectivity index is 1.51. The largest absolute Gasteiger partial charge is 0.493 e. The maximum absolute atomic E-state index is 13.6. The molecule has 0 saturated heterocycles. The molecular formula is C31H28BrCl2N3O5S. The lowest BCUT2D eigenvalue weighted by Gasteiger charge is -2.24. The Labute approximate surface area is 269 Å². The highest BCUT2D eigenvalue weighted by Gasteiger charge is 2.27. The van der Waals surface area contributed by atoms with Crippen LogP contribution in [0.2, 0.25) is 10.0 Å². The second kappa shape index (κ2) is 14.3. The number of rotatable bonds is 11. The second-order valence-corrected chi connectivity index (χ2v) is 13.0. The van der Waals surface area contributed by atoms with Gasteiger partial charge < -0.3 is 9.47 Å². The van der Waals surface area contributed by atoms with Crippen molar-refractivity contribution in [3.05, 3.63) is 116 Å². The third-order valence-corrected chi connectivity index (χ3v) is 9.48. The quantitative estimate of drug-likeness (QED) is 0.131. The Morgan fingerprint density at radius 1 is 1.00 bits per heavy atom. The van der Waals surface area contributed by atoms with E-state index in [0.29, 0.717) is 31.6 Å². The number of hydrogen-bond acceptors (Lipinski definition) is 6. The van der Waals surface area contributed by atoms with E-state index in [-0.39, 0.29) is 17.2 Å². The van der Waals surface area contributed by atoms with E-state index in [0.717, 1.165) is 21.0 Å². The molecule has 0 radical (unpaired) electrons. The maximum Gasteiger partial charge on any atom is 0.264 e. The lowest BCUT2D eigenvalue weighted by Crippen LogP contribution is -2.39. The van der Waals surface area contributed by atoms with Gasteiger partial charge in [0, 0.05) is 15.6 Å². The summed E-state index contributed by atoms with van der Waals surface area (Å²) in [6.45, 7) is 3.35. The summed E-state index contributed by atoms with van der Waals surface area (Å²) in [6.07, 6.45) is 1.41. The van der Waals surface area contributed by atoms with Crippen LogP contribution in [0.25, 0.3) is 0 Å². The molecule has 0 aliphatic rings. The molecule has 0 unspecified atom stereocenters. The van der Waals surface area contributed by atoms with E-state index >= 15 is 0 Å². The molecular weight excluding hydrogens is 677 g/mol. The van der Waals surface area contributed by atoms with Crippen LogP contribution in [-0.2, 0) is 21.4 Å². The smallest absolute Gasteiger partial charge is 0.264 e. The first kappa shape index (κ1) is 32.3. The molecule has 0 heterocycles. The highest BCUT2D eigenvalue weighted by molar-refractivity contribution is 9.10. The molecule has 4 aromatic rings. The number of sulfonamides is 1. The normalized spacial score (nSPS) is 11.4. The summed E-state index contributed by atoms with van der Waals surface area (Å²) in [4.78, 5) is 13.0. The van der Waals surface area contributed by atoms with Crippen molar-refractivity contribution in [2.24, 2.45) is 5.10 Å². The van der Waals surface area contributed by atoms with E-state index < -0.39 is 22.5 Å². The lowest BCUT2D eigenvalue weighted by atomic mass is 10.2. The minimum absolute atomic E-state index is 0.0416. The number of carbonyl (C=O) groups excluding carboxylic acids is 1. The Kier molecular flexibility index (Phi) is 10.7. The summed E-state index contributed by atoms with van der Waals surface area (Å²) in [5, 5.41) is 5.00. The molecule has 4 rings (SSSR count). The van der Waals surface area contributed by atoms with Crippen molar-refractivity contribution in [3.8, 4) is 11.5 Å². The number of hydrogen-bond donors (Lipinski definition) is 1. The van der Waals surface area contributed by atoms with Gasteiger partial charge in [-0.1, -0.05) is 65.2 Å². The zero-order valence-corrected chi connectivity index (χ0v) is 27.4. The van der Waals surface area contributed by atoms with Crippen LogP contribution in [0.5, 0.6) is 11.5 Å². The number of ether oxygens (including phenoxy) is 2. The maximum atomic E-state index is 13.6. The van der Waals surface area contributed by atoms with Gasteiger partial charge in [0.2, 0.25) is 0 Å². The summed E-state index contributed by atoms with van der Waals surface area (Å²) >= 11 is 16.0. The van der Waals surface area contributed by atoms with Crippen molar-refractivity contribution in [1.29, 1.82) is 0 Å². The van der Waals surface area contributed by atoms with Crippen LogP contribution in [0.3, 0.4) is 0 Å². The van der Waals surface area contributed by atoms with Crippen LogP contribution in [0.15, 0.2) is 93.3 Å². The van der Waals surface area contributed by atoms with Gasteiger partial charge in [0.15, 0.2) is 11.5 Å². The van der Waals surface area contributed by atoms with Crippen molar-refractivity contribution in [2.75, 3.05) is 18.0 Å². The average molecular weight is 705 g/mol. The summed E-state index contributed by atoms with van der Waals surface area (Å²) < 4.78 is 40.2.